The number of hydrogen-bond donors (Lipinski definition) is 0. The van der Waals surface area contributed by atoms with Crippen LogP contribution in [0.2, 0.25) is 0 Å². The van der Waals surface area contributed by atoms with Crippen molar-refractivity contribution in [3.05, 3.63) is 0 Å². The summed E-state index contributed by atoms with van der Waals surface area (Å²) in [6.07, 6.45) is 5.27. The third-order valence-corrected chi connectivity index (χ3v) is 5.50. The number of Topliss-reactive ketones (excluding diaryl/α,β-unsaturated/α-hetero) is 2. The van der Waals surface area contributed by atoms with Crippen LogP contribution < -0.4 is 0 Å². The van der Waals surface area contributed by atoms with Crippen LogP contribution in [-0.4, -0.2) is 57.9 Å². The quantitative estimate of drug-likeness (QED) is 0.0905. The third kappa shape index (κ3) is 10.4. The Morgan fingerprint density at radius 2 is 1.06 bits per heavy atom. The van der Waals surface area contributed by atoms with Crippen LogP contribution >= 0.6 is 0 Å². The first-order valence-electron chi connectivity index (χ1n) is 12.0. The molecule has 0 unspecified atom stereocenters. The minimum absolute atomic E-state index is 0.0375. The van der Waals surface area contributed by atoms with E-state index in [1.807, 2.05) is 0 Å². The van der Waals surface area contributed by atoms with E-state index in [-0.39, 0.29) is 63.1 Å². The molecular weight excluding hydrogens is 464 g/mol. The molecule has 0 aromatic heterocycles. The van der Waals surface area contributed by atoms with E-state index in [1.165, 1.54) is 0 Å². The summed E-state index contributed by atoms with van der Waals surface area (Å²) in [6, 6.07) is 0. The van der Waals surface area contributed by atoms with Crippen molar-refractivity contribution in [1.82, 2.24) is 10.1 Å². The van der Waals surface area contributed by atoms with Crippen molar-refractivity contribution >= 4 is 41.2 Å². The number of carbonyl (C=O) groups is 7. The molecule has 2 aliphatic heterocycles. The maximum absolute atomic E-state index is 11.9. The predicted octanol–water partition coefficient (Wildman–Crippen LogP) is 2.04. The van der Waals surface area contributed by atoms with Gasteiger partial charge in [-0.1, -0.05) is 19.3 Å². The molecule has 2 saturated heterocycles. The first kappa shape index (κ1) is 28.2. The highest BCUT2D eigenvalue weighted by Gasteiger charge is 2.33. The second-order valence-corrected chi connectivity index (χ2v) is 8.50. The summed E-state index contributed by atoms with van der Waals surface area (Å²) in [4.78, 5) is 95.3. The molecule has 35 heavy (non-hydrogen) atoms. The summed E-state index contributed by atoms with van der Waals surface area (Å²) >= 11 is 0. The van der Waals surface area contributed by atoms with Crippen molar-refractivity contribution in [2.24, 2.45) is 0 Å². The van der Waals surface area contributed by atoms with Crippen LogP contribution in [0, 0.1) is 0 Å². The van der Waals surface area contributed by atoms with Gasteiger partial charge in [-0.2, -0.15) is 0 Å². The molecule has 194 valence electrons. The van der Waals surface area contributed by atoms with Gasteiger partial charge >= 0.3 is 5.97 Å². The van der Waals surface area contributed by atoms with E-state index in [0.29, 0.717) is 48.7 Å². The van der Waals surface area contributed by atoms with E-state index < -0.39 is 29.6 Å². The monoisotopic (exact) mass is 496 g/mol. The number of ketones is 2. The van der Waals surface area contributed by atoms with E-state index in [9.17, 15) is 33.6 Å². The molecule has 12 heteroatoms. The van der Waals surface area contributed by atoms with Crippen molar-refractivity contribution in [3.8, 4) is 0 Å². The molecule has 12 nitrogen and oxygen atoms in total. The molecule has 0 N–H and O–H groups in total. The Morgan fingerprint density at radius 1 is 0.600 bits per heavy atom. The molecule has 0 bridgehead atoms. The highest BCUT2D eigenvalue weighted by Crippen LogP contribution is 2.15. The van der Waals surface area contributed by atoms with E-state index in [0.717, 1.165) is 12.8 Å². The van der Waals surface area contributed by atoms with Gasteiger partial charge in [0.2, 0.25) is 0 Å². The number of hydrogen-bond acceptors (Lipinski definition) is 10. The fourth-order valence-corrected chi connectivity index (χ4v) is 3.54. The molecule has 4 amide bonds. The van der Waals surface area contributed by atoms with Crippen LogP contribution in [0.1, 0.15) is 96.3 Å². The van der Waals surface area contributed by atoms with Gasteiger partial charge in [-0.25, -0.2) is 9.68 Å². The Hall–Kier alpha value is -2.99. The zero-order valence-electron chi connectivity index (χ0n) is 19.8. The second-order valence-electron chi connectivity index (χ2n) is 8.50. The third-order valence-electron chi connectivity index (χ3n) is 5.50. The lowest BCUT2D eigenvalue weighted by Crippen LogP contribution is -2.31. The predicted molar refractivity (Wildman–Crippen MR) is 116 cm³/mol. The highest BCUT2D eigenvalue weighted by molar-refractivity contribution is 6.02. The maximum atomic E-state index is 11.9. The molecule has 0 aromatic carbocycles. The number of rotatable bonds is 18. The number of unbranched alkanes of at least 4 members (excludes halogenated alkanes) is 5. The molecule has 0 aromatic rings. The van der Waals surface area contributed by atoms with Crippen molar-refractivity contribution in [1.29, 1.82) is 0 Å². The van der Waals surface area contributed by atoms with Crippen LogP contribution in [0.5, 0.6) is 0 Å². The fourth-order valence-electron chi connectivity index (χ4n) is 3.54. The SMILES string of the molecule is O=C(CCCCCCOON1C(=O)CCC1=O)CC(=O)CCCCCC(=O)ON1C(=O)CCC1=O. The topological polar surface area (TPSA) is 154 Å². The lowest BCUT2D eigenvalue weighted by atomic mass is 10.0. The van der Waals surface area contributed by atoms with Gasteiger partial charge in [0.25, 0.3) is 23.6 Å². The van der Waals surface area contributed by atoms with Crippen molar-refractivity contribution in [3.63, 3.8) is 0 Å². The average Bonchev–Trinajstić information content (AvgIpc) is 3.30. The minimum atomic E-state index is -0.661. The van der Waals surface area contributed by atoms with Crippen LogP contribution in [0.3, 0.4) is 0 Å². The standard InChI is InChI=1S/C23H32N2O10/c26-17(8-4-1-2-7-15-33-35-25-21(30)13-14-22(25)31)16-18(27)9-5-3-6-10-23(32)34-24-19(28)11-12-20(24)29/h1-16H2. The Balaban J connectivity index is 1.39. The van der Waals surface area contributed by atoms with Gasteiger partial charge in [0.05, 0.1) is 13.0 Å². The molecule has 2 rings (SSSR count). The summed E-state index contributed by atoms with van der Waals surface area (Å²) in [6.45, 7) is 0.218. The maximum Gasteiger partial charge on any atom is 0.333 e. The Labute approximate surface area is 203 Å². The average molecular weight is 497 g/mol. The van der Waals surface area contributed by atoms with Gasteiger partial charge < -0.3 is 4.84 Å². The Bertz CT molecular complexity index is 793. The van der Waals surface area contributed by atoms with Gasteiger partial charge in [0.1, 0.15) is 11.6 Å². The number of carbonyl (C=O) groups excluding carboxylic acids is 7. The number of hydroxylamine groups is 4. The molecule has 2 heterocycles. The van der Waals surface area contributed by atoms with Crippen LogP contribution in [0.4, 0.5) is 0 Å². The van der Waals surface area contributed by atoms with Crippen molar-refractivity contribution in [2.45, 2.75) is 96.3 Å². The fraction of sp³-hybridized carbons (Fsp3) is 0.696. The first-order chi connectivity index (χ1) is 16.8. The van der Waals surface area contributed by atoms with Gasteiger partial charge in [0.15, 0.2) is 0 Å². The van der Waals surface area contributed by atoms with Crippen LogP contribution in [0.15, 0.2) is 0 Å². The summed E-state index contributed by atoms with van der Waals surface area (Å²) in [5, 5.41) is 1.15. The zero-order chi connectivity index (χ0) is 25.6. The molecule has 2 fully saturated rings. The number of amides is 4. The molecule has 0 saturated carbocycles. The highest BCUT2D eigenvalue weighted by atomic mass is 17.3. The summed E-state index contributed by atoms with van der Waals surface area (Å²) in [5.41, 5.74) is 0. The molecule has 0 aliphatic carbocycles. The van der Waals surface area contributed by atoms with E-state index in [2.05, 4.69) is 0 Å². The molecule has 2 aliphatic rings. The van der Waals surface area contributed by atoms with Gasteiger partial charge in [-0.05, 0) is 25.7 Å². The second kappa shape index (κ2) is 15.1. The van der Waals surface area contributed by atoms with Crippen LogP contribution in [-0.2, 0) is 48.3 Å². The Kier molecular flexibility index (Phi) is 12.2. The molecule has 0 radical (unpaired) electrons. The smallest absolute Gasteiger partial charge is 0.330 e. The van der Waals surface area contributed by atoms with Gasteiger partial charge in [-0.3, -0.25) is 28.8 Å². The lowest BCUT2D eigenvalue weighted by Gasteiger charge is -2.12. The first-order valence-corrected chi connectivity index (χ1v) is 12.0. The van der Waals surface area contributed by atoms with Crippen molar-refractivity contribution < 1.29 is 48.3 Å². The largest absolute Gasteiger partial charge is 0.333 e. The zero-order valence-corrected chi connectivity index (χ0v) is 19.8. The lowest BCUT2D eigenvalue weighted by molar-refractivity contribution is -0.393. The van der Waals surface area contributed by atoms with Gasteiger partial charge in [0, 0.05) is 44.9 Å². The van der Waals surface area contributed by atoms with Gasteiger partial charge in [-0.15, -0.1) is 15.1 Å². The number of imide groups is 2. The minimum Gasteiger partial charge on any atom is -0.330 e. The number of nitrogens with zero attached hydrogens (tertiary/aromatic N) is 2. The molecule has 0 spiro atoms. The summed E-state index contributed by atoms with van der Waals surface area (Å²) < 4.78 is 0. The normalized spacial score (nSPS) is 15.9. The van der Waals surface area contributed by atoms with E-state index in [4.69, 9.17) is 14.7 Å². The molecule has 0 atom stereocenters. The van der Waals surface area contributed by atoms with Crippen molar-refractivity contribution in [2.75, 3.05) is 6.61 Å². The van der Waals surface area contributed by atoms with E-state index >= 15 is 0 Å². The summed E-state index contributed by atoms with van der Waals surface area (Å²) in [5.74, 6) is -2.78. The molecular formula is C23H32N2O10. The Morgan fingerprint density at radius 3 is 1.63 bits per heavy atom. The van der Waals surface area contributed by atoms with Crippen LogP contribution in [0.25, 0.3) is 0 Å². The summed E-state index contributed by atoms with van der Waals surface area (Å²) in [7, 11) is 0. The van der Waals surface area contributed by atoms with E-state index in [1.54, 1.807) is 0 Å².